The number of hydrogen-bond donors (Lipinski definition) is 7. The Morgan fingerprint density at radius 1 is 0.388 bits per heavy atom. The van der Waals surface area contributed by atoms with E-state index in [1.165, 1.54) is 27.8 Å². The zero-order valence-electron chi connectivity index (χ0n) is 48.1. The maximum absolute atomic E-state index is 9.49. The van der Waals surface area contributed by atoms with Gasteiger partial charge in [0.2, 0.25) is 0 Å². The topological polar surface area (TPSA) is 220 Å². The Kier molecular flexibility index (Phi) is 17.8. The van der Waals surface area contributed by atoms with Gasteiger partial charge in [-0.2, -0.15) is 0 Å². The molecule has 0 saturated heterocycles. The van der Waals surface area contributed by atoms with Crippen molar-refractivity contribution < 1.29 is 20.4 Å². The molecule has 0 aliphatic rings. The highest BCUT2D eigenvalue weighted by Crippen LogP contribution is 2.37. The van der Waals surface area contributed by atoms with Crippen LogP contribution in [0.25, 0.3) is 65.9 Å². The van der Waals surface area contributed by atoms with Crippen molar-refractivity contribution in [2.75, 3.05) is 30.4 Å². The normalized spacial score (nSPS) is 11.3. The summed E-state index contributed by atoms with van der Waals surface area (Å²) in [4.78, 5) is 37.2. The van der Waals surface area contributed by atoms with Crippen LogP contribution in [-0.4, -0.2) is 80.1 Å². The van der Waals surface area contributed by atoms with Crippen molar-refractivity contribution in [1.29, 1.82) is 0 Å². The lowest BCUT2D eigenvalue weighted by Crippen LogP contribution is -2.17. The quantitative estimate of drug-likeness (QED) is 0.0375. The molecule has 0 spiro atoms. The number of aryl methyl sites for hydroxylation is 1. The number of aromatic nitrogens is 8. The van der Waals surface area contributed by atoms with Gasteiger partial charge in [-0.25, -0.2) is 9.97 Å². The van der Waals surface area contributed by atoms with Crippen molar-refractivity contribution >= 4 is 66.6 Å². The second-order valence-corrected chi connectivity index (χ2v) is 21.3. The van der Waals surface area contributed by atoms with Crippen LogP contribution < -0.4 is 16.0 Å². The summed E-state index contributed by atoms with van der Waals surface area (Å²) in [5.74, 6) is 1.39. The van der Waals surface area contributed by atoms with E-state index in [9.17, 15) is 15.3 Å². The van der Waals surface area contributed by atoms with Gasteiger partial charge in [0.05, 0.1) is 42.2 Å². The molecule has 426 valence electrons. The molecule has 0 saturated carbocycles. The number of fused-ring (bicyclic) bond motifs is 4. The van der Waals surface area contributed by atoms with Crippen LogP contribution in [0.2, 0.25) is 0 Å². The van der Waals surface area contributed by atoms with Crippen molar-refractivity contribution in [3.05, 3.63) is 238 Å². The van der Waals surface area contributed by atoms with Gasteiger partial charge in [0, 0.05) is 115 Å². The number of nitrogens with one attached hydrogen (secondary N) is 3. The van der Waals surface area contributed by atoms with Crippen molar-refractivity contribution in [3.8, 4) is 22.3 Å². The summed E-state index contributed by atoms with van der Waals surface area (Å²) in [5, 5.41) is 51.5. The van der Waals surface area contributed by atoms with Gasteiger partial charge in [-0.05, 0) is 179 Å². The predicted octanol–water partition coefficient (Wildman–Crippen LogP) is 12.4. The van der Waals surface area contributed by atoms with Crippen LogP contribution in [-0.2, 0) is 39.0 Å². The van der Waals surface area contributed by atoms with Gasteiger partial charge < -0.3 is 36.4 Å². The predicted molar refractivity (Wildman–Crippen MR) is 339 cm³/mol. The van der Waals surface area contributed by atoms with Gasteiger partial charge in [0.1, 0.15) is 11.0 Å². The maximum Gasteiger partial charge on any atom is 0.156 e. The molecule has 12 aromatic rings. The number of benzene rings is 4. The van der Waals surface area contributed by atoms with Gasteiger partial charge in [0.25, 0.3) is 0 Å². The standard InChI is InChI=1S/C37H38N6O2.C33H29N5O2/c1-24-28(20-34-35-29(11-13-39-34)19-27(23-41-35)21-38-15-17-45)7-3-8-31(24)32-9-4-10-33(25(32)2)43-37-36-30(12-14-40-37)18-26(22-42-36)6-5-16-44;1-20-24(15-30-31-25(9-11-34-30)13-22(18-39)16-36-31)5-3-6-27(20)28-7-4-8-29(21(28)2)38-33-32-26(10-12-35-33)14-23(19-40)17-37-32/h3-4,7-14,18-19,22-23,38,44-45H,5-6,15-17,20-21H2,1-2H3,(H,40,43);3-14,16-17,39-40H,15,18-19H2,1-2H3,(H,35,38). The molecule has 12 rings (SSSR count). The first-order valence-corrected chi connectivity index (χ1v) is 28.6. The largest absolute Gasteiger partial charge is 0.396 e. The molecule has 85 heavy (non-hydrogen) atoms. The average Bonchev–Trinajstić information content (AvgIpc) is 3.73. The minimum atomic E-state index is -0.0503. The minimum Gasteiger partial charge on any atom is -0.396 e. The van der Waals surface area contributed by atoms with E-state index >= 15 is 0 Å². The lowest BCUT2D eigenvalue weighted by molar-refractivity contribution is 0.281. The fourth-order valence-corrected chi connectivity index (χ4v) is 11.1. The molecule has 8 aromatic heterocycles. The van der Waals surface area contributed by atoms with Crippen LogP contribution in [0.4, 0.5) is 23.0 Å². The molecule has 15 heteroatoms. The summed E-state index contributed by atoms with van der Waals surface area (Å²) < 4.78 is 0. The number of aliphatic hydroxyl groups is 4. The monoisotopic (exact) mass is 1130 g/mol. The summed E-state index contributed by atoms with van der Waals surface area (Å²) >= 11 is 0. The molecule has 0 amide bonds. The third-order valence-corrected chi connectivity index (χ3v) is 15.7. The lowest BCUT2D eigenvalue weighted by Gasteiger charge is -2.17. The zero-order valence-corrected chi connectivity index (χ0v) is 48.1. The third kappa shape index (κ3) is 12.7. The average molecular weight is 1130 g/mol. The van der Waals surface area contributed by atoms with E-state index in [1.54, 1.807) is 31.0 Å². The molecule has 0 unspecified atom stereocenters. The Balaban J connectivity index is 0.000000178. The van der Waals surface area contributed by atoms with E-state index in [-0.39, 0.29) is 26.4 Å². The van der Waals surface area contributed by atoms with E-state index in [4.69, 9.17) is 20.1 Å². The molecule has 15 nitrogen and oxygen atoms in total. The molecule has 0 aliphatic carbocycles. The first-order chi connectivity index (χ1) is 41.6. The van der Waals surface area contributed by atoms with E-state index in [2.05, 4.69) is 141 Å². The van der Waals surface area contributed by atoms with E-state index in [0.29, 0.717) is 37.6 Å². The van der Waals surface area contributed by atoms with E-state index < -0.39 is 0 Å². The summed E-state index contributed by atoms with van der Waals surface area (Å²) in [6, 6.07) is 41.4. The van der Waals surface area contributed by atoms with Crippen LogP contribution in [0, 0.1) is 27.7 Å². The Labute approximate surface area is 493 Å². The maximum atomic E-state index is 9.49. The molecule has 0 aliphatic heterocycles. The number of rotatable bonds is 19. The van der Waals surface area contributed by atoms with Gasteiger partial charge in [-0.3, -0.25) is 29.9 Å². The van der Waals surface area contributed by atoms with Crippen molar-refractivity contribution in [3.63, 3.8) is 0 Å². The van der Waals surface area contributed by atoms with Crippen LogP contribution >= 0.6 is 0 Å². The number of nitrogens with zero attached hydrogens (tertiary/aromatic N) is 8. The highest BCUT2D eigenvalue weighted by Gasteiger charge is 2.18. The molecule has 0 fully saturated rings. The van der Waals surface area contributed by atoms with Crippen LogP contribution in [0.3, 0.4) is 0 Å². The molecule has 0 bridgehead atoms. The molecular weight excluding hydrogens is 1060 g/mol. The highest BCUT2D eigenvalue weighted by atomic mass is 16.3. The number of aliphatic hydroxyl groups excluding tert-OH is 4. The Morgan fingerprint density at radius 3 is 1.26 bits per heavy atom. The minimum absolute atomic E-state index is 0.0350. The third-order valence-electron chi connectivity index (χ3n) is 15.7. The number of hydrogen-bond acceptors (Lipinski definition) is 15. The Hall–Kier alpha value is -9.48. The summed E-state index contributed by atoms with van der Waals surface area (Å²) in [5.41, 5.74) is 22.5. The second-order valence-electron chi connectivity index (χ2n) is 21.3. The van der Waals surface area contributed by atoms with E-state index in [1.807, 2.05) is 67.1 Å². The van der Waals surface area contributed by atoms with Crippen molar-refractivity contribution in [2.45, 2.75) is 73.1 Å². The van der Waals surface area contributed by atoms with Gasteiger partial charge in [-0.15, -0.1) is 0 Å². The molecule has 0 radical (unpaired) electrons. The van der Waals surface area contributed by atoms with Crippen LogP contribution in [0.1, 0.15) is 73.4 Å². The molecule has 4 aromatic carbocycles. The number of pyridine rings is 8. The Bertz CT molecular complexity index is 4250. The van der Waals surface area contributed by atoms with E-state index in [0.717, 1.165) is 129 Å². The number of anilines is 4. The van der Waals surface area contributed by atoms with Gasteiger partial charge in [0.15, 0.2) is 11.6 Å². The van der Waals surface area contributed by atoms with Gasteiger partial charge in [-0.1, -0.05) is 60.7 Å². The van der Waals surface area contributed by atoms with Crippen LogP contribution in [0.5, 0.6) is 0 Å². The van der Waals surface area contributed by atoms with Crippen LogP contribution in [0.15, 0.2) is 171 Å². The molecule has 0 atom stereocenters. The zero-order chi connectivity index (χ0) is 58.8. The summed E-state index contributed by atoms with van der Waals surface area (Å²) in [6.07, 6.45) is 17.2. The fraction of sp³-hybridized carbons (Fsp3) is 0.200. The SMILES string of the molecule is Cc1c(Cc2nccc3cc(CNCCO)cnc23)cccc1-c1cccc(Nc2nccc3cc(CCCO)cnc23)c1C.Cc1c(Cc2nccc3cc(CO)cnc23)cccc1-c1cccc(Nc2nccc3cc(CO)cnc23)c1C. The van der Waals surface area contributed by atoms with Gasteiger partial charge >= 0.3 is 0 Å². The summed E-state index contributed by atoms with van der Waals surface area (Å²) in [6.45, 7) is 9.99. The smallest absolute Gasteiger partial charge is 0.156 e. The van der Waals surface area contributed by atoms with Crippen molar-refractivity contribution in [2.24, 2.45) is 0 Å². The first-order valence-electron chi connectivity index (χ1n) is 28.6. The lowest BCUT2D eigenvalue weighted by atomic mass is 9.91. The second kappa shape index (κ2) is 26.4. The highest BCUT2D eigenvalue weighted by molar-refractivity contribution is 5.93. The summed E-state index contributed by atoms with van der Waals surface area (Å²) in [7, 11) is 0. The molecule has 7 N–H and O–H groups in total. The first kappa shape index (κ1) is 57.3. The molecular formula is C70H67N11O4. The van der Waals surface area contributed by atoms with Crippen molar-refractivity contribution in [1.82, 2.24) is 45.2 Å². The Morgan fingerprint density at radius 2 is 0.788 bits per heavy atom. The molecule has 8 heterocycles. The fourth-order valence-electron chi connectivity index (χ4n) is 11.1.